The monoisotopic (exact) mass is 334 g/mol. The van der Waals surface area contributed by atoms with E-state index in [2.05, 4.69) is 6.58 Å². The van der Waals surface area contributed by atoms with Gasteiger partial charge in [0.2, 0.25) is 0 Å². The van der Waals surface area contributed by atoms with Gasteiger partial charge >= 0.3 is 5.97 Å². The Balaban J connectivity index is 2.21. The van der Waals surface area contributed by atoms with Crippen molar-refractivity contribution in [1.82, 2.24) is 0 Å². The molecular weight excluding hydrogens is 316 g/mol. The molecule has 5 nitrogen and oxygen atoms in total. The summed E-state index contributed by atoms with van der Waals surface area (Å²) in [4.78, 5) is 23.5. The number of benzene rings is 1. The van der Waals surface area contributed by atoms with Crippen LogP contribution in [0.15, 0.2) is 30.4 Å². The number of methoxy groups -OCH3 is 2. The van der Waals surface area contributed by atoms with Crippen LogP contribution in [-0.4, -0.2) is 31.1 Å². The highest BCUT2D eigenvalue weighted by Crippen LogP contribution is 2.37. The molecule has 0 bridgehead atoms. The zero-order valence-corrected chi connectivity index (χ0v) is 13.9. The number of carboxylic acids is 1. The standard InChI is InChI=1S/C17H18O5S/c1-10(5-4-6-16(18)19)17(20)15-8-11-7-12(21-2)13(22-3)9-14(11)23-15/h7-9H,1,4-6H2,2-3H3,(H,18,19). The summed E-state index contributed by atoms with van der Waals surface area (Å²) in [6.07, 6.45) is 0.825. The highest BCUT2D eigenvalue weighted by atomic mass is 32.1. The second-order valence-electron chi connectivity index (χ2n) is 5.04. The Morgan fingerprint density at radius 3 is 2.39 bits per heavy atom. The Morgan fingerprint density at radius 2 is 1.78 bits per heavy atom. The SMILES string of the molecule is C=C(CCCC(=O)O)C(=O)c1cc2cc(OC)c(OC)cc2s1. The molecule has 0 spiro atoms. The number of carbonyl (C=O) groups excluding carboxylic acids is 1. The molecular formula is C17H18O5S. The fraction of sp³-hybridized carbons (Fsp3) is 0.294. The minimum Gasteiger partial charge on any atom is -0.493 e. The number of fused-ring (bicyclic) bond motifs is 1. The maximum absolute atomic E-state index is 12.4. The smallest absolute Gasteiger partial charge is 0.303 e. The van der Waals surface area contributed by atoms with Crippen molar-refractivity contribution >= 4 is 33.2 Å². The fourth-order valence-electron chi connectivity index (χ4n) is 2.22. The van der Waals surface area contributed by atoms with Gasteiger partial charge < -0.3 is 14.6 Å². The summed E-state index contributed by atoms with van der Waals surface area (Å²) in [5, 5.41) is 9.54. The van der Waals surface area contributed by atoms with Crippen molar-refractivity contribution in [2.75, 3.05) is 14.2 Å². The van der Waals surface area contributed by atoms with E-state index in [0.29, 0.717) is 34.8 Å². The van der Waals surface area contributed by atoms with Gasteiger partial charge in [-0.25, -0.2) is 0 Å². The van der Waals surface area contributed by atoms with Gasteiger partial charge in [0.05, 0.1) is 19.1 Å². The predicted octanol–water partition coefficient (Wildman–Crippen LogP) is 3.91. The molecule has 0 fully saturated rings. The number of aliphatic carboxylic acids is 1. The molecule has 0 aliphatic carbocycles. The van der Waals surface area contributed by atoms with Crippen LogP contribution in [-0.2, 0) is 4.79 Å². The predicted molar refractivity (Wildman–Crippen MR) is 89.9 cm³/mol. The van der Waals surface area contributed by atoms with E-state index < -0.39 is 5.97 Å². The van der Waals surface area contributed by atoms with Gasteiger partial charge in [-0.3, -0.25) is 9.59 Å². The Hall–Kier alpha value is -2.34. The van der Waals surface area contributed by atoms with E-state index in [1.165, 1.54) is 11.3 Å². The Kier molecular flexibility index (Phi) is 5.39. The molecule has 1 aromatic carbocycles. The first-order valence-corrected chi connectivity index (χ1v) is 7.87. The second-order valence-corrected chi connectivity index (χ2v) is 6.12. The Labute approximate surface area is 138 Å². The number of carbonyl (C=O) groups is 2. The number of Topliss-reactive ketones (excluding diaryl/α,β-unsaturated/α-hetero) is 1. The average molecular weight is 334 g/mol. The second kappa shape index (κ2) is 7.28. The zero-order valence-electron chi connectivity index (χ0n) is 13.0. The van der Waals surface area contributed by atoms with Crippen molar-refractivity contribution in [3.05, 3.63) is 35.2 Å². The normalized spacial score (nSPS) is 10.5. The third-order valence-corrected chi connectivity index (χ3v) is 4.53. The summed E-state index contributed by atoms with van der Waals surface area (Å²) in [7, 11) is 3.13. The quantitative estimate of drug-likeness (QED) is 0.585. The minimum absolute atomic E-state index is 0.0348. The van der Waals surface area contributed by atoms with Crippen molar-refractivity contribution in [2.45, 2.75) is 19.3 Å². The molecule has 23 heavy (non-hydrogen) atoms. The van der Waals surface area contributed by atoms with Crippen LogP contribution in [0.1, 0.15) is 28.9 Å². The lowest BCUT2D eigenvalue weighted by atomic mass is 10.0. The number of hydrogen-bond acceptors (Lipinski definition) is 5. The molecule has 2 aromatic rings. The van der Waals surface area contributed by atoms with Gasteiger partial charge in [-0.1, -0.05) is 6.58 Å². The molecule has 0 unspecified atom stereocenters. The van der Waals surface area contributed by atoms with E-state index in [-0.39, 0.29) is 12.2 Å². The van der Waals surface area contributed by atoms with Crippen LogP contribution < -0.4 is 9.47 Å². The molecule has 0 aliphatic rings. The summed E-state index contributed by atoms with van der Waals surface area (Å²) < 4.78 is 11.4. The number of hydrogen-bond donors (Lipinski definition) is 1. The molecule has 6 heteroatoms. The van der Waals surface area contributed by atoms with Gasteiger partial charge in [0.1, 0.15) is 0 Å². The van der Waals surface area contributed by atoms with Crippen LogP contribution in [0.2, 0.25) is 0 Å². The molecule has 0 saturated carbocycles. The molecule has 0 saturated heterocycles. The molecule has 1 heterocycles. The van der Waals surface area contributed by atoms with Gasteiger partial charge in [0, 0.05) is 17.2 Å². The Bertz CT molecular complexity index is 719. The van der Waals surface area contributed by atoms with E-state index in [1.807, 2.05) is 12.1 Å². The summed E-state index contributed by atoms with van der Waals surface area (Å²) in [5.74, 6) is 0.207. The van der Waals surface area contributed by atoms with Crippen LogP contribution in [0.3, 0.4) is 0 Å². The van der Waals surface area contributed by atoms with Crippen LogP contribution in [0.25, 0.3) is 10.1 Å². The molecule has 0 atom stereocenters. The summed E-state index contributed by atoms with van der Waals surface area (Å²) in [6.45, 7) is 3.78. The summed E-state index contributed by atoms with van der Waals surface area (Å²) in [6, 6.07) is 5.46. The maximum Gasteiger partial charge on any atom is 0.303 e. The maximum atomic E-state index is 12.4. The lowest BCUT2D eigenvalue weighted by Gasteiger charge is -2.06. The van der Waals surface area contributed by atoms with E-state index in [9.17, 15) is 9.59 Å². The lowest BCUT2D eigenvalue weighted by Crippen LogP contribution is -2.01. The van der Waals surface area contributed by atoms with Crippen molar-refractivity contribution in [1.29, 1.82) is 0 Å². The van der Waals surface area contributed by atoms with Crippen molar-refractivity contribution < 1.29 is 24.2 Å². The van der Waals surface area contributed by atoms with Gasteiger partial charge in [-0.15, -0.1) is 11.3 Å². The number of rotatable bonds is 8. The number of allylic oxidation sites excluding steroid dienone is 1. The van der Waals surface area contributed by atoms with Gasteiger partial charge in [-0.2, -0.15) is 0 Å². The van der Waals surface area contributed by atoms with Crippen LogP contribution in [0, 0.1) is 0 Å². The summed E-state index contributed by atoms with van der Waals surface area (Å²) >= 11 is 1.36. The fourth-order valence-corrected chi connectivity index (χ4v) is 3.28. The highest BCUT2D eigenvalue weighted by Gasteiger charge is 2.16. The summed E-state index contributed by atoms with van der Waals surface area (Å²) in [5.41, 5.74) is 0.428. The molecule has 0 amide bonds. The van der Waals surface area contributed by atoms with Crippen molar-refractivity contribution in [3.8, 4) is 11.5 Å². The third-order valence-electron chi connectivity index (χ3n) is 3.44. The van der Waals surface area contributed by atoms with E-state index in [4.69, 9.17) is 14.6 Å². The number of carboxylic acid groups (broad SMARTS) is 1. The highest BCUT2D eigenvalue weighted by molar-refractivity contribution is 7.21. The first-order chi connectivity index (χ1) is 11.0. The average Bonchev–Trinajstić information content (AvgIpc) is 2.94. The molecule has 1 N–H and O–H groups in total. The van der Waals surface area contributed by atoms with Gasteiger partial charge in [0.25, 0.3) is 0 Å². The van der Waals surface area contributed by atoms with Gasteiger partial charge in [-0.05, 0) is 35.9 Å². The number of ether oxygens (including phenoxy) is 2. The van der Waals surface area contributed by atoms with Crippen molar-refractivity contribution in [3.63, 3.8) is 0 Å². The number of thiophene rings is 1. The van der Waals surface area contributed by atoms with Crippen LogP contribution in [0.4, 0.5) is 0 Å². The van der Waals surface area contributed by atoms with Crippen LogP contribution in [0.5, 0.6) is 11.5 Å². The molecule has 0 aliphatic heterocycles. The third kappa shape index (κ3) is 3.90. The van der Waals surface area contributed by atoms with E-state index in [0.717, 1.165) is 10.1 Å². The Morgan fingerprint density at radius 1 is 1.13 bits per heavy atom. The topological polar surface area (TPSA) is 72.8 Å². The lowest BCUT2D eigenvalue weighted by molar-refractivity contribution is -0.137. The molecule has 1 aromatic heterocycles. The zero-order chi connectivity index (χ0) is 17.0. The molecule has 0 radical (unpaired) electrons. The first-order valence-electron chi connectivity index (χ1n) is 7.06. The minimum atomic E-state index is -0.869. The van der Waals surface area contributed by atoms with E-state index in [1.54, 1.807) is 20.3 Å². The van der Waals surface area contributed by atoms with E-state index >= 15 is 0 Å². The largest absolute Gasteiger partial charge is 0.493 e. The molecule has 122 valence electrons. The first kappa shape index (κ1) is 17.0. The van der Waals surface area contributed by atoms with Gasteiger partial charge in [0.15, 0.2) is 17.3 Å². The van der Waals surface area contributed by atoms with Crippen molar-refractivity contribution in [2.24, 2.45) is 0 Å². The number of ketones is 1. The molecule has 2 rings (SSSR count). The van der Waals surface area contributed by atoms with Crippen LogP contribution >= 0.6 is 11.3 Å².